The average Bonchev–Trinajstić information content (AvgIpc) is 2.76. The van der Waals surface area contributed by atoms with E-state index in [2.05, 4.69) is 0 Å². The Morgan fingerprint density at radius 3 is 2.78 bits per heavy atom. The number of hydrogen-bond donors (Lipinski definition) is 1. The van der Waals surface area contributed by atoms with Crippen molar-refractivity contribution in [3.05, 3.63) is 53.0 Å². The number of benzene rings is 1. The van der Waals surface area contributed by atoms with Gasteiger partial charge in [-0.15, -0.1) is 0 Å². The Bertz CT molecular complexity index is 552. The largest absolute Gasteiger partial charge is 0.455 e. The van der Waals surface area contributed by atoms with Crippen LogP contribution in [-0.4, -0.2) is 12.9 Å². The highest BCUT2D eigenvalue weighted by Gasteiger charge is 2.14. The molecular formula is C14H15NO3. The molecule has 2 N–H and O–H groups in total. The molecule has 2 aromatic rings. The fourth-order valence-electron chi connectivity index (χ4n) is 1.81. The maximum absolute atomic E-state index is 12.2. The number of carbonyl (C=O) groups is 1. The third-order valence-corrected chi connectivity index (χ3v) is 2.53. The van der Waals surface area contributed by atoms with Crippen LogP contribution in [-0.2, 0) is 11.3 Å². The minimum absolute atomic E-state index is 0.173. The predicted octanol–water partition coefficient (Wildman–Crippen LogP) is 2.55. The van der Waals surface area contributed by atoms with Crippen LogP contribution in [0.2, 0.25) is 0 Å². The summed E-state index contributed by atoms with van der Waals surface area (Å²) in [5, 5.41) is 0. The van der Waals surface area contributed by atoms with Gasteiger partial charge in [0.05, 0.1) is 0 Å². The SMILES string of the molecule is COCc1ccc(C(=O)c2cc(C)cc(N)c2)o1. The number of carbonyl (C=O) groups excluding carboxylic acids is 1. The summed E-state index contributed by atoms with van der Waals surface area (Å²) >= 11 is 0. The van der Waals surface area contributed by atoms with Crippen molar-refractivity contribution in [3.8, 4) is 0 Å². The smallest absolute Gasteiger partial charge is 0.228 e. The number of hydrogen-bond acceptors (Lipinski definition) is 4. The summed E-state index contributed by atoms with van der Waals surface area (Å²) in [6, 6.07) is 8.63. The quantitative estimate of drug-likeness (QED) is 0.664. The molecule has 4 nitrogen and oxygen atoms in total. The van der Waals surface area contributed by atoms with E-state index >= 15 is 0 Å². The van der Waals surface area contributed by atoms with Crippen LogP contribution in [0.5, 0.6) is 0 Å². The van der Waals surface area contributed by atoms with Gasteiger partial charge in [-0.3, -0.25) is 4.79 Å². The lowest BCUT2D eigenvalue weighted by Crippen LogP contribution is -2.01. The molecular weight excluding hydrogens is 230 g/mol. The molecule has 0 fully saturated rings. The second-order valence-electron chi connectivity index (χ2n) is 4.16. The van der Waals surface area contributed by atoms with Gasteiger partial charge in [0.25, 0.3) is 0 Å². The Hall–Kier alpha value is -2.07. The summed E-state index contributed by atoms with van der Waals surface area (Å²) in [7, 11) is 1.57. The summed E-state index contributed by atoms with van der Waals surface area (Å²) in [4.78, 5) is 12.2. The molecule has 0 amide bonds. The molecule has 1 aromatic carbocycles. The zero-order chi connectivity index (χ0) is 13.1. The van der Waals surface area contributed by atoms with Gasteiger partial charge < -0.3 is 14.9 Å². The fourth-order valence-corrected chi connectivity index (χ4v) is 1.81. The van der Waals surface area contributed by atoms with Crippen molar-refractivity contribution in [1.82, 2.24) is 0 Å². The Morgan fingerprint density at radius 1 is 1.33 bits per heavy atom. The molecule has 18 heavy (non-hydrogen) atoms. The van der Waals surface area contributed by atoms with Crippen molar-refractivity contribution in [1.29, 1.82) is 0 Å². The minimum Gasteiger partial charge on any atom is -0.455 e. The topological polar surface area (TPSA) is 65.5 Å². The molecule has 0 aliphatic heterocycles. The number of anilines is 1. The minimum atomic E-state index is -0.173. The Kier molecular flexibility index (Phi) is 3.48. The van der Waals surface area contributed by atoms with E-state index in [-0.39, 0.29) is 5.78 Å². The highest BCUT2D eigenvalue weighted by Crippen LogP contribution is 2.17. The highest BCUT2D eigenvalue weighted by molar-refractivity contribution is 6.07. The molecule has 0 atom stereocenters. The number of ketones is 1. The van der Waals surface area contributed by atoms with Gasteiger partial charge in [-0.2, -0.15) is 0 Å². The number of ether oxygens (including phenoxy) is 1. The maximum Gasteiger partial charge on any atom is 0.228 e. The van der Waals surface area contributed by atoms with Crippen LogP contribution in [0.25, 0.3) is 0 Å². The predicted molar refractivity (Wildman–Crippen MR) is 68.4 cm³/mol. The number of rotatable bonds is 4. The third-order valence-electron chi connectivity index (χ3n) is 2.53. The molecule has 1 aromatic heterocycles. The molecule has 0 aliphatic carbocycles. The van der Waals surface area contributed by atoms with Crippen LogP contribution >= 0.6 is 0 Å². The molecule has 0 saturated heterocycles. The van der Waals surface area contributed by atoms with Crippen LogP contribution in [0, 0.1) is 6.92 Å². The van der Waals surface area contributed by atoms with Crippen molar-refractivity contribution in [2.24, 2.45) is 0 Å². The van der Waals surface area contributed by atoms with Crippen molar-refractivity contribution in [2.45, 2.75) is 13.5 Å². The second kappa shape index (κ2) is 5.06. The van der Waals surface area contributed by atoms with Crippen LogP contribution < -0.4 is 5.73 Å². The lowest BCUT2D eigenvalue weighted by Gasteiger charge is -2.02. The van der Waals surface area contributed by atoms with Gasteiger partial charge in [-0.25, -0.2) is 0 Å². The third kappa shape index (κ3) is 2.60. The van der Waals surface area contributed by atoms with E-state index < -0.39 is 0 Å². The Morgan fingerprint density at radius 2 is 2.11 bits per heavy atom. The second-order valence-corrected chi connectivity index (χ2v) is 4.16. The van der Waals surface area contributed by atoms with Gasteiger partial charge in [0.1, 0.15) is 12.4 Å². The summed E-state index contributed by atoms with van der Waals surface area (Å²) in [5.74, 6) is 0.751. The first-order chi connectivity index (χ1) is 8.60. The first kappa shape index (κ1) is 12.4. The van der Waals surface area contributed by atoms with E-state index in [9.17, 15) is 4.79 Å². The van der Waals surface area contributed by atoms with E-state index in [0.29, 0.717) is 29.4 Å². The number of nitrogen functional groups attached to an aromatic ring is 1. The highest BCUT2D eigenvalue weighted by atomic mass is 16.5. The maximum atomic E-state index is 12.2. The van der Waals surface area contributed by atoms with E-state index in [1.165, 1.54) is 0 Å². The molecule has 0 unspecified atom stereocenters. The number of nitrogens with two attached hydrogens (primary N) is 1. The van der Waals surface area contributed by atoms with Gasteiger partial charge in [0, 0.05) is 18.4 Å². The number of methoxy groups -OCH3 is 1. The first-order valence-corrected chi connectivity index (χ1v) is 5.59. The summed E-state index contributed by atoms with van der Waals surface area (Å²) < 4.78 is 10.3. The van der Waals surface area contributed by atoms with Crippen molar-refractivity contribution < 1.29 is 13.9 Å². The monoisotopic (exact) mass is 245 g/mol. The first-order valence-electron chi connectivity index (χ1n) is 5.59. The standard InChI is InChI=1S/C14H15NO3/c1-9-5-10(7-11(15)6-9)14(16)13-4-3-12(18-13)8-17-2/h3-7H,8,15H2,1-2H3. The van der Waals surface area contributed by atoms with Gasteiger partial charge in [-0.05, 0) is 42.8 Å². The Balaban J connectivity index is 2.29. The van der Waals surface area contributed by atoms with Crippen LogP contribution in [0.3, 0.4) is 0 Å². The number of aryl methyl sites for hydroxylation is 1. The Labute approximate surface area is 105 Å². The van der Waals surface area contributed by atoms with E-state index in [4.69, 9.17) is 14.9 Å². The summed E-state index contributed by atoms with van der Waals surface area (Å²) in [5.41, 5.74) is 7.78. The van der Waals surface area contributed by atoms with Crippen LogP contribution in [0.15, 0.2) is 34.7 Å². The molecule has 1 heterocycles. The van der Waals surface area contributed by atoms with E-state index in [0.717, 1.165) is 5.56 Å². The molecule has 0 spiro atoms. The van der Waals surface area contributed by atoms with E-state index in [1.807, 2.05) is 13.0 Å². The number of furan rings is 1. The molecule has 0 bridgehead atoms. The summed E-state index contributed by atoms with van der Waals surface area (Å²) in [6.45, 7) is 2.24. The molecule has 2 rings (SSSR count). The molecule has 0 aliphatic rings. The zero-order valence-corrected chi connectivity index (χ0v) is 10.4. The van der Waals surface area contributed by atoms with Crippen molar-refractivity contribution in [2.75, 3.05) is 12.8 Å². The van der Waals surface area contributed by atoms with Gasteiger partial charge in [-0.1, -0.05) is 0 Å². The zero-order valence-electron chi connectivity index (χ0n) is 10.4. The molecule has 94 valence electrons. The lowest BCUT2D eigenvalue weighted by atomic mass is 10.1. The van der Waals surface area contributed by atoms with Gasteiger partial charge in [0.2, 0.25) is 5.78 Å². The molecule has 0 radical (unpaired) electrons. The van der Waals surface area contributed by atoms with Crippen molar-refractivity contribution in [3.63, 3.8) is 0 Å². The molecule has 0 saturated carbocycles. The molecule has 4 heteroatoms. The van der Waals surface area contributed by atoms with Crippen LogP contribution in [0.4, 0.5) is 5.69 Å². The van der Waals surface area contributed by atoms with E-state index in [1.54, 1.807) is 31.4 Å². The van der Waals surface area contributed by atoms with Gasteiger partial charge >= 0.3 is 0 Å². The normalized spacial score (nSPS) is 10.6. The lowest BCUT2D eigenvalue weighted by molar-refractivity contribution is 0.1000. The van der Waals surface area contributed by atoms with Crippen LogP contribution in [0.1, 0.15) is 27.4 Å². The van der Waals surface area contributed by atoms with Gasteiger partial charge in [0.15, 0.2) is 5.76 Å². The average molecular weight is 245 g/mol. The summed E-state index contributed by atoms with van der Waals surface area (Å²) in [6.07, 6.45) is 0. The fraction of sp³-hybridized carbons (Fsp3) is 0.214. The van der Waals surface area contributed by atoms with Crippen molar-refractivity contribution >= 4 is 11.5 Å².